The van der Waals surface area contributed by atoms with Crippen LogP contribution in [-0.2, 0) is 4.79 Å². The van der Waals surface area contributed by atoms with Gasteiger partial charge in [0.2, 0.25) is 5.91 Å². The molecule has 1 aliphatic carbocycles. The highest BCUT2D eigenvalue weighted by Crippen LogP contribution is 2.33. The SMILES string of the molecule is Cc1cc(C)c2ncc(C#N)c(N3CCN(C(=O)C4CCCC4)CC3)c2c1. The molecule has 1 aromatic carbocycles. The lowest BCUT2D eigenvalue weighted by atomic mass is 10.0. The first-order valence-corrected chi connectivity index (χ1v) is 9.92. The van der Waals surface area contributed by atoms with E-state index in [1.165, 1.54) is 18.4 Å². The lowest BCUT2D eigenvalue weighted by molar-refractivity contribution is -0.135. The molecule has 140 valence electrons. The highest BCUT2D eigenvalue weighted by molar-refractivity contribution is 5.96. The van der Waals surface area contributed by atoms with Gasteiger partial charge in [0.1, 0.15) is 6.07 Å². The van der Waals surface area contributed by atoms with Crippen molar-refractivity contribution in [1.29, 1.82) is 5.26 Å². The fourth-order valence-electron chi connectivity index (χ4n) is 4.65. The molecule has 0 atom stereocenters. The first kappa shape index (κ1) is 17.8. The molecule has 4 rings (SSSR count). The summed E-state index contributed by atoms with van der Waals surface area (Å²) >= 11 is 0. The maximum absolute atomic E-state index is 12.7. The lowest BCUT2D eigenvalue weighted by Crippen LogP contribution is -2.50. The third-order valence-electron chi connectivity index (χ3n) is 6.01. The van der Waals surface area contributed by atoms with Crippen LogP contribution in [0.4, 0.5) is 5.69 Å². The number of aromatic nitrogens is 1. The molecular formula is C22H26N4O. The van der Waals surface area contributed by atoms with Crippen molar-refractivity contribution in [2.75, 3.05) is 31.1 Å². The van der Waals surface area contributed by atoms with E-state index in [1.54, 1.807) is 6.20 Å². The number of nitrogens with zero attached hydrogens (tertiary/aromatic N) is 4. The van der Waals surface area contributed by atoms with E-state index >= 15 is 0 Å². The van der Waals surface area contributed by atoms with Crippen molar-refractivity contribution in [2.45, 2.75) is 39.5 Å². The number of hydrogen-bond donors (Lipinski definition) is 0. The minimum absolute atomic E-state index is 0.235. The third kappa shape index (κ3) is 3.25. The molecule has 5 nitrogen and oxygen atoms in total. The molecule has 1 saturated heterocycles. The van der Waals surface area contributed by atoms with Gasteiger partial charge in [-0.1, -0.05) is 24.5 Å². The van der Waals surface area contributed by atoms with E-state index in [0.717, 1.165) is 61.2 Å². The summed E-state index contributed by atoms with van der Waals surface area (Å²) in [6.45, 7) is 7.13. The quantitative estimate of drug-likeness (QED) is 0.819. The summed E-state index contributed by atoms with van der Waals surface area (Å²) in [4.78, 5) is 21.5. The van der Waals surface area contributed by atoms with Crippen molar-refractivity contribution in [3.05, 3.63) is 35.0 Å². The molecule has 1 aromatic heterocycles. The Kier molecular flexibility index (Phi) is 4.73. The molecule has 1 saturated carbocycles. The van der Waals surface area contributed by atoms with Crippen LogP contribution in [0.1, 0.15) is 42.4 Å². The Balaban J connectivity index is 1.62. The summed E-state index contributed by atoms with van der Waals surface area (Å²) in [6.07, 6.45) is 6.15. The molecule has 0 radical (unpaired) electrons. The molecule has 2 fully saturated rings. The van der Waals surface area contributed by atoms with Gasteiger partial charge >= 0.3 is 0 Å². The Morgan fingerprint density at radius 1 is 1.15 bits per heavy atom. The van der Waals surface area contributed by atoms with Crippen molar-refractivity contribution in [2.24, 2.45) is 5.92 Å². The van der Waals surface area contributed by atoms with Gasteiger partial charge in [-0.3, -0.25) is 9.78 Å². The topological polar surface area (TPSA) is 60.2 Å². The summed E-state index contributed by atoms with van der Waals surface area (Å²) in [6, 6.07) is 6.57. The second kappa shape index (κ2) is 7.19. The number of benzene rings is 1. The van der Waals surface area contributed by atoms with Crippen LogP contribution in [0.3, 0.4) is 0 Å². The molecule has 5 heteroatoms. The monoisotopic (exact) mass is 362 g/mol. The Morgan fingerprint density at radius 2 is 1.85 bits per heavy atom. The number of fused-ring (bicyclic) bond motifs is 1. The largest absolute Gasteiger partial charge is 0.366 e. The summed E-state index contributed by atoms with van der Waals surface area (Å²) in [5, 5.41) is 10.7. The van der Waals surface area contributed by atoms with Crippen molar-refractivity contribution in [1.82, 2.24) is 9.88 Å². The van der Waals surface area contributed by atoms with Gasteiger partial charge in [0.15, 0.2) is 0 Å². The van der Waals surface area contributed by atoms with Crippen LogP contribution in [0.2, 0.25) is 0 Å². The number of anilines is 1. The fraction of sp³-hybridized carbons (Fsp3) is 0.500. The zero-order valence-electron chi connectivity index (χ0n) is 16.2. The molecular weight excluding hydrogens is 336 g/mol. The standard InChI is InChI=1S/C22H26N4O/c1-15-11-16(2)20-19(12-15)21(18(13-23)14-24-20)25-7-9-26(10-8-25)22(27)17-5-3-4-6-17/h11-12,14,17H,3-10H2,1-2H3. The average Bonchev–Trinajstić information content (AvgIpc) is 3.21. The first-order chi connectivity index (χ1) is 13.1. The van der Waals surface area contributed by atoms with Crippen LogP contribution in [-0.4, -0.2) is 42.0 Å². The van der Waals surface area contributed by atoms with Crippen LogP contribution in [0, 0.1) is 31.1 Å². The predicted octanol–water partition coefficient (Wildman–Crippen LogP) is 3.56. The van der Waals surface area contributed by atoms with Crippen LogP contribution in [0.5, 0.6) is 0 Å². The lowest BCUT2D eigenvalue weighted by Gasteiger charge is -2.38. The molecule has 1 aliphatic heterocycles. The van der Waals surface area contributed by atoms with Crippen LogP contribution in [0.15, 0.2) is 18.3 Å². The molecule has 0 N–H and O–H groups in total. The van der Waals surface area contributed by atoms with Gasteiger partial charge in [0, 0.05) is 43.7 Å². The van der Waals surface area contributed by atoms with Gasteiger partial charge in [-0.05, 0) is 38.3 Å². The minimum atomic E-state index is 0.235. The molecule has 2 aliphatic rings. The molecule has 2 aromatic rings. The number of carbonyl (C=O) groups is 1. The summed E-state index contributed by atoms with van der Waals surface area (Å²) < 4.78 is 0. The smallest absolute Gasteiger partial charge is 0.225 e. The van der Waals surface area contributed by atoms with E-state index in [4.69, 9.17) is 0 Å². The number of pyridine rings is 1. The summed E-state index contributed by atoms with van der Waals surface area (Å²) in [5.41, 5.74) is 4.85. The molecule has 1 amide bonds. The Labute approximate surface area is 160 Å². The third-order valence-corrected chi connectivity index (χ3v) is 6.01. The predicted molar refractivity (Wildman–Crippen MR) is 107 cm³/mol. The number of rotatable bonds is 2. The van der Waals surface area contributed by atoms with Gasteiger partial charge in [-0.15, -0.1) is 0 Å². The molecule has 0 bridgehead atoms. The van der Waals surface area contributed by atoms with E-state index in [0.29, 0.717) is 11.5 Å². The second-order valence-electron chi connectivity index (χ2n) is 7.90. The summed E-state index contributed by atoms with van der Waals surface area (Å²) in [5.74, 6) is 0.567. The van der Waals surface area contributed by atoms with Crippen molar-refractivity contribution < 1.29 is 4.79 Å². The average molecular weight is 362 g/mol. The Hall–Kier alpha value is -2.61. The van der Waals surface area contributed by atoms with Gasteiger partial charge in [-0.2, -0.15) is 5.26 Å². The molecule has 27 heavy (non-hydrogen) atoms. The fourth-order valence-corrected chi connectivity index (χ4v) is 4.65. The molecule has 0 unspecified atom stereocenters. The zero-order valence-corrected chi connectivity index (χ0v) is 16.2. The highest BCUT2D eigenvalue weighted by Gasteiger charge is 2.30. The number of aryl methyl sites for hydroxylation is 2. The maximum atomic E-state index is 12.7. The van der Waals surface area contributed by atoms with E-state index in [-0.39, 0.29) is 5.92 Å². The Bertz CT molecular complexity index is 916. The number of hydrogen-bond acceptors (Lipinski definition) is 4. The van der Waals surface area contributed by atoms with Gasteiger partial charge < -0.3 is 9.80 Å². The number of amides is 1. The summed E-state index contributed by atoms with van der Waals surface area (Å²) in [7, 11) is 0. The first-order valence-electron chi connectivity index (χ1n) is 9.92. The maximum Gasteiger partial charge on any atom is 0.225 e. The van der Waals surface area contributed by atoms with Crippen LogP contribution < -0.4 is 4.90 Å². The van der Waals surface area contributed by atoms with Crippen molar-refractivity contribution >= 4 is 22.5 Å². The normalized spacial score (nSPS) is 18.1. The molecule has 2 heterocycles. The van der Waals surface area contributed by atoms with Gasteiger partial charge in [-0.25, -0.2) is 0 Å². The van der Waals surface area contributed by atoms with E-state index in [9.17, 15) is 10.1 Å². The number of carbonyl (C=O) groups excluding carboxylic acids is 1. The van der Waals surface area contributed by atoms with Gasteiger partial charge in [0.25, 0.3) is 0 Å². The number of nitriles is 1. The van der Waals surface area contributed by atoms with E-state index in [1.807, 2.05) is 4.90 Å². The number of piperazine rings is 1. The molecule has 0 spiro atoms. The zero-order chi connectivity index (χ0) is 19.0. The van der Waals surface area contributed by atoms with Crippen molar-refractivity contribution in [3.8, 4) is 6.07 Å². The minimum Gasteiger partial charge on any atom is -0.366 e. The Morgan fingerprint density at radius 3 is 2.52 bits per heavy atom. The van der Waals surface area contributed by atoms with E-state index in [2.05, 4.69) is 41.9 Å². The van der Waals surface area contributed by atoms with Gasteiger partial charge in [0.05, 0.1) is 16.8 Å². The van der Waals surface area contributed by atoms with Crippen LogP contribution >= 0.6 is 0 Å². The van der Waals surface area contributed by atoms with E-state index < -0.39 is 0 Å². The van der Waals surface area contributed by atoms with Crippen molar-refractivity contribution in [3.63, 3.8) is 0 Å². The second-order valence-corrected chi connectivity index (χ2v) is 7.90. The highest BCUT2D eigenvalue weighted by atomic mass is 16.2. The van der Waals surface area contributed by atoms with Crippen LogP contribution in [0.25, 0.3) is 10.9 Å².